The number of para-hydroxylation sites is 1. The number of hydrogen-bond acceptors (Lipinski definition) is 6. The first-order valence-electron chi connectivity index (χ1n) is 12.5. The highest BCUT2D eigenvalue weighted by Gasteiger charge is 2.40. The number of hydrogen-bond donors (Lipinski definition) is 1. The lowest BCUT2D eigenvalue weighted by molar-refractivity contribution is -0.123. The average molecular weight is 546 g/mol. The SMILES string of the molecule is Cc1ccccc1-n1nc(C(C)(C)C)c2c1N(CC(=O)NCc1cccnc1)C(=O)CS[C@@H]2c1cccs1. The third-order valence-corrected chi connectivity index (χ3v) is 8.78. The van der Waals surface area contributed by atoms with Crippen LogP contribution in [0.25, 0.3) is 5.69 Å². The number of rotatable bonds is 6. The first-order valence-corrected chi connectivity index (χ1v) is 14.5. The molecule has 1 aliphatic heterocycles. The highest BCUT2D eigenvalue weighted by Crippen LogP contribution is 2.49. The van der Waals surface area contributed by atoms with Crippen molar-refractivity contribution in [2.24, 2.45) is 0 Å². The number of thiophene rings is 1. The lowest BCUT2D eigenvalue weighted by Crippen LogP contribution is -2.42. The second-order valence-electron chi connectivity index (χ2n) is 10.4. The van der Waals surface area contributed by atoms with E-state index >= 15 is 0 Å². The van der Waals surface area contributed by atoms with Crippen molar-refractivity contribution < 1.29 is 9.59 Å². The van der Waals surface area contributed by atoms with Crippen molar-refractivity contribution >= 4 is 40.7 Å². The van der Waals surface area contributed by atoms with Gasteiger partial charge < -0.3 is 5.32 Å². The third-order valence-electron chi connectivity index (χ3n) is 6.46. The molecule has 4 aromatic rings. The normalized spacial score (nSPS) is 15.7. The molecule has 4 heterocycles. The molecule has 0 aliphatic carbocycles. The molecular formula is C29H31N5O2S2. The summed E-state index contributed by atoms with van der Waals surface area (Å²) in [6.45, 7) is 8.72. The van der Waals surface area contributed by atoms with Crippen molar-refractivity contribution in [3.05, 3.63) is 93.6 Å². The Balaban J connectivity index is 1.64. The molecule has 0 saturated carbocycles. The molecule has 9 heteroatoms. The molecule has 0 bridgehead atoms. The first kappa shape index (κ1) is 26.2. The Kier molecular flexibility index (Phi) is 7.40. The van der Waals surface area contributed by atoms with Crippen LogP contribution in [0.15, 0.2) is 66.3 Å². The van der Waals surface area contributed by atoms with Crippen molar-refractivity contribution in [2.45, 2.75) is 44.9 Å². The van der Waals surface area contributed by atoms with Crippen LogP contribution in [-0.2, 0) is 21.5 Å². The summed E-state index contributed by atoms with van der Waals surface area (Å²) in [4.78, 5) is 33.8. The topological polar surface area (TPSA) is 80.1 Å². The van der Waals surface area contributed by atoms with Crippen LogP contribution in [0.2, 0.25) is 0 Å². The average Bonchev–Trinajstić information content (AvgIpc) is 3.54. The highest BCUT2D eigenvalue weighted by molar-refractivity contribution is 8.00. The van der Waals surface area contributed by atoms with E-state index in [2.05, 4.69) is 42.5 Å². The molecule has 3 aromatic heterocycles. The number of fused-ring (bicyclic) bond motifs is 1. The molecular weight excluding hydrogens is 514 g/mol. The van der Waals surface area contributed by atoms with Crippen molar-refractivity contribution in [2.75, 3.05) is 17.2 Å². The van der Waals surface area contributed by atoms with Crippen LogP contribution in [0.3, 0.4) is 0 Å². The summed E-state index contributed by atoms with van der Waals surface area (Å²) in [6.07, 6.45) is 3.42. The van der Waals surface area contributed by atoms with E-state index in [0.717, 1.165) is 28.1 Å². The molecule has 0 unspecified atom stereocenters. The number of benzene rings is 1. The Morgan fingerprint density at radius 2 is 1.95 bits per heavy atom. The molecule has 1 aliphatic rings. The molecule has 1 aromatic carbocycles. The van der Waals surface area contributed by atoms with Crippen molar-refractivity contribution in [1.29, 1.82) is 0 Å². The van der Waals surface area contributed by atoms with Gasteiger partial charge >= 0.3 is 0 Å². The minimum atomic E-state index is -0.282. The molecule has 0 spiro atoms. The molecule has 2 amide bonds. The van der Waals surface area contributed by atoms with E-state index in [-0.39, 0.29) is 34.8 Å². The number of thioether (sulfide) groups is 1. The van der Waals surface area contributed by atoms with E-state index in [4.69, 9.17) is 5.10 Å². The second kappa shape index (κ2) is 10.7. The van der Waals surface area contributed by atoms with Crippen LogP contribution in [-0.4, -0.2) is 38.9 Å². The number of nitrogens with zero attached hydrogens (tertiary/aromatic N) is 4. The zero-order valence-corrected chi connectivity index (χ0v) is 23.6. The number of pyridine rings is 1. The van der Waals surface area contributed by atoms with Crippen LogP contribution in [0.4, 0.5) is 5.82 Å². The Labute approximate surface area is 231 Å². The Hall–Kier alpha value is -3.43. The van der Waals surface area contributed by atoms with Gasteiger partial charge in [0.25, 0.3) is 0 Å². The number of carbonyl (C=O) groups is 2. The lowest BCUT2D eigenvalue weighted by Gasteiger charge is -2.24. The lowest BCUT2D eigenvalue weighted by atomic mass is 9.88. The molecule has 5 rings (SSSR count). The summed E-state index contributed by atoms with van der Waals surface area (Å²) in [5.41, 5.74) is 4.48. The molecule has 0 saturated heterocycles. The van der Waals surface area contributed by atoms with Gasteiger partial charge in [-0.25, -0.2) is 4.68 Å². The molecule has 0 fully saturated rings. The van der Waals surface area contributed by atoms with Gasteiger partial charge in [0.15, 0.2) is 0 Å². The summed E-state index contributed by atoms with van der Waals surface area (Å²) >= 11 is 3.28. The number of nitrogens with one attached hydrogen (secondary N) is 1. The third kappa shape index (κ3) is 5.26. The molecule has 1 atom stereocenters. The first-order chi connectivity index (χ1) is 18.2. The number of aryl methyl sites for hydroxylation is 1. The van der Waals surface area contributed by atoms with Gasteiger partial charge in [-0.2, -0.15) is 5.10 Å². The van der Waals surface area contributed by atoms with Crippen LogP contribution in [0.5, 0.6) is 0 Å². The van der Waals surface area contributed by atoms with Gasteiger partial charge in [-0.1, -0.05) is 51.1 Å². The van der Waals surface area contributed by atoms with Gasteiger partial charge in [0.1, 0.15) is 12.4 Å². The Bertz CT molecular complexity index is 1440. The maximum Gasteiger partial charge on any atom is 0.240 e. The summed E-state index contributed by atoms with van der Waals surface area (Å²) in [5.74, 6) is 0.601. The van der Waals surface area contributed by atoms with E-state index in [1.54, 1.807) is 40.4 Å². The molecule has 7 nitrogen and oxygen atoms in total. The summed E-state index contributed by atoms with van der Waals surface area (Å²) in [7, 11) is 0. The van der Waals surface area contributed by atoms with Gasteiger partial charge in [0.05, 0.1) is 22.4 Å². The maximum absolute atomic E-state index is 13.7. The minimum Gasteiger partial charge on any atom is -0.350 e. The van der Waals surface area contributed by atoms with Crippen LogP contribution in [0.1, 0.15) is 53.3 Å². The largest absolute Gasteiger partial charge is 0.350 e. The summed E-state index contributed by atoms with van der Waals surface area (Å²) < 4.78 is 1.88. The van der Waals surface area contributed by atoms with E-state index in [0.29, 0.717) is 12.4 Å². The van der Waals surface area contributed by atoms with Crippen LogP contribution >= 0.6 is 23.1 Å². The van der Waals surface area contributed by atoms with Crippen molar-refractivity contribution in [1.82, 2.24) is 20.1 Å². The monoisotopic (exact) mass is 545 g/mol. The van der Waals surface area contributed by atoms with Gasteiger partial charge in [-0.05, 0) is 41.6 Å². The van der Waals surface area contributed by atoms with Crippen LogP contribution in [0, 0.1) is 6.92 Å². The highest BCUT2D eigenvalue weighted by atomic mass is 32.2. The minimum absolute atomic E-state index is 0.0654. The zero-order valence-electron chi connectivity index (χ0n) is 22.0. The zero-order chi connectivity index (χ0) is 26.9. The van der Waals surface area contributed by atoms with E-state index in [1.165, 1.54) is 4.88 Å². The standard InChI is InChI=1S/C29H31N5O2S2/c1-19-9-5-6-11-21(19)34-28-25(27(32-34)29(2,3)4)26(22-12-8-14-37-22)38-18-24(36)33(28)17-23(35)31-16-20-10-7-13-30-15-20/h5-15,26H,16-18H2,1-4H3,(H,31,35)/t26-/m1/s1. The van der Waals surface area contributed by atoms with Gasteiger partial charge in [-0.3, -0.25) is 19.5 Å². The number of amides is 2. The van der Waals surface area contributed by atoms with Gasteiger partial charge in [-0.15, -0.1) is 23.1 Å². The van der Waals surface area contributed by atoms with Crippen LogP contribution < -0.4 is 10.2 Å². The predicted octanol–water partition coefficient (Wildman–Crippen LogP) is 5.42. The van der Waals surface area contributed by atoms with E-state index in [1.807, 2.05) is 54.1 Å². The van der Waals surface area contributed by atoms with Crippen molar-refractivity contribution in [3.8, 4) is 5.69 Å². The quantitative estimate of drug-likeness (QED) is 0.350. The van der Waals surface area contributed by atoms with E-state index in [9.17, 15) is 9.59 Å². The van der Waals surface area contributed by atoms with Gasteiger partial charge in [0, 0.05) is 34.8 Å². The summed E-state index contributed by atoms with van der Waals surface area (Å²) in [6, 6.07) is 15.9. The molecule has 38 heavy (non-hydrogen) atoms. The fourth-order valence-electron chi connectivity index (χ4n) is 4.61. The molecule has 0 radical (unpaired) electrons. The fraction of sp³-hybridized carbons (Fsp3) is 0.310. The van der Waals surface area contributed by atoms with Gasteiger partial charge in [0.2, 0.25) is 11.8 Å². The Morgan fingerprint density at radius 1 is 1.13 bits per heavy atom. The molecule has 196 valence electrons. The number of aromatic nitrogens is 3. The number of anilines is 1. The van der Waals surface area contributed by atoms with E-state index < -0.39 is 0 Å². The van der Waals surface area contributed by atoms with Crippen molar-refractivity contribution in [3.63, 3.8) is 0 Å². The molecule has 1 N–H and O–H groups in total. The fourth-order valence-corrected chi connectivity index (χ4v) is 6.79. The maximum atomic E-state index is 13.7. The second-order valence-corrected chi connectivity index (χ2v) is 12.4. The number of carbonyl (C=O) groups excluding carboxylic acids is 2. The predicted molar refractivity (Wildman–Crippen MR) is 154 cm³/mol. The smallest absolute Gasteiger partial charge is 0.240 e. The Morgan fingerprint density at radius 3 is 2.63 bits per heavy atom. The summed E-state index contributed by atoms with van der Waals surface area (Å²) in [5, 5.41) is 10.1.